The summed E-state index contributed by atoms with van der Waals surface area (Å²) in [5, 5.41) is 10.5. The van der Waals surface area contributed by atoms with Crippen LogP contribution in [-0.2, 0) is 11.3 Å². The first-order valence-electron chi connectivity index (χ1n) is 7.51. The van der Waals surface area contributed by atoms with Gasteiger partial charge in [0.15, 0.2) is 0 Å². The van der Waals surface area contributed by atoms with Crippen LogP contribution in [-0.4, -0.2) is 10.9 Å². The van der Waals surface area contributed by atoms with E-state index in [4.69, 9.17) is 11.6 Å². The Morgan fingerprint density at radius 1 is 1.28 bits per heavy atom. The molecular formula is C19H13ClFN3O. The largest absolute Gasteiger partial charge is 0.304 e. The highest BCUT2D eigenvalue weighted by molar-refractivity contribution is 6.29. The van der Waals surface area contributed by atoms with Crippen LogP contribution in [0, 0.1) is 17.1 Å². The molecule has 0 atom stereocenters. The van der Waals surface area contributed by atoms with Crippen molar-refractivity contribution in [2.75, 3.05) is 4.90 Å². The van der Waals surface area contributed by atoms with E-state index in [1.54, 1.807) is 12.1 Å². The minimum atomic E-state index is -0.615. The van der Waals surface area contributed by atoms with Crippen LogP contribution in [0.4, 0.5) is 10.1 Å². The molecule has 0 saturated heterocycles. The third-order valence-electron chi connectivity index (χ3n) is 3.82. The molecule has 4 nitrogen and oxygen atoms in total. The lowest BCUT2D eigenvalue weighted by molar-refractivity contribution is -0.116. The molecule has 1 heterocycles. The number of carbonyl (C=O) groups is 1. The molecule has 1 amide bonds. The summed E-state index contributed by atoms with van der Waals surface area (Å²) in [5.41, 5.74) is 1.53. The maximum atomic E-state index is 14.3. The van der Waals surface area contributed by atoms with E-state index in [1.807, 2.05) is 24.3 Å². The van der Waals surface area contributed by atoms with Gasteiger partial charge in [-0.25, -0.2) is 9.37 Å². The highest BCUT2D eigenvalue weighted by Gasteiger charge is 2.20. The molecule has 0 bridgehead atoms. The molecule has 0 radical (unpaired) electrons. The fraction of sp³-hybridized carbons (Fsp3) is 0.105. The number of carbonyl (C=O) groups excluding carboxylic acids is 1. The third-order valence-corrected chi connectivity index (χ3v) is 4.03. The zero-order valence-corrected chi connectivity index (χ0v) is 14.1. The van der Waals surface area contributed by atoms with Crippen LogP contribution in [0.2, 0.25) is 5.15 Å². The molecule has 25 heavy (non-hydrogen) atoms. The van der Waals surface area contributed by atoms with Gasteiger partial charge in [-0.05, 0) is 35.9 Å². The van der Waals surface area contributed by atoms with E-state index in [-0.39, 0.29) is 23.7 Å². The second-order valence-corrected chi connectivity index (χ2v) is 5.90. The minimum absolute atomic E-state index is 0.0170. The predicted molar refractivity (Wildman–Crippen MR) is 94.7 cm³/mol. The molecule has 0 spiro atoms. The summed E-state index contributed by atoms with van der Waals surface area (Å²) < 4.78 is 14.3. The summed E-state index contributed by atoms with van der Waals surface area (Å²) in [6, 6.07) is 15.1. The van der Waals surface area contributed by atoms with Gasteiger partial charge in [0, 0.05) is 12.3 Å². The van der Waals surface area contributed by atoms with Crippen LogP contribution >= 0.6 is 11.6 Å². The number of hydrogen-bond acceptors (Lipinski definition) is 3. The Bertz CT molecular complexity index is 1010. The van der Waals surface area contributed by atoms with E-state index >= 15 is 0 Å². The summed E-state index contributed by atoms with van der Waals surface area (Å²) in [5.74, 6) is -0.975. The monoisotopic (exact) mass is 353 g/mol. The van der Waals surface area contributed by atoms with Crippen molar-refractivity contribution < 1.29 is 9.18 Å². The summed E-state index contributed by atoms with van der Waals surface area (Å²) >= 11 is 5.92. The number of para-hydroxylation sites is 1. The molecule has 0 aliphatic heterocycles. The summed E-state index contributed by atoms with van der Waals surface area (Å²) in [4.78, 5) is 17.6. The molecule has 0 aliphatic rings. The van der Waals surface area contributed by atoms with Crippen molar-refractivity contribution in [3.05, 3.63) is 70.6 Å². The SMILES string of the molecule is CC(=O)N(Cc1ccc2ccc(Cl)nc2c1)c1c(F)cccc1C#N. The molecule has 0 saturated carbocycles. The first kappa shape index (κ1) is 16.9. The Labute approximate surface area is 149 Å². The number of aromatic nitrogens is 1. The zero-order chi connectivity index (χ0) is 18.0. The molecule has 3 rings (SSSR count). The van der Waals surface area contributed by atoms with Gasteiger partial charge >= 0.3 is 0 Å². The van der Waals surface area contributed by atoms with E-state index in [1.165, 1.54) is 30.0 Å². The van der Waals surface area contributed by atoms with Crippen molar-refractivity contribution in [1.29, 1.82) is 5.26 Å². The lowest BCUT2D eigenvalue weighted by Gasteiger charge is -2.23. The van der Waals surface area contributed by atoms with Crippen molar-refractivity contribution in [2.24, 2.45) is 0 Å². The first-order valence-corrected chi connectivity index (χ1v) is 7.89. The number of nitrogens with zero attached hydrogens (tertiary/aromatic N) is 3. The summed E-state index contributed by atoms with van der Waals surface area (Å²) in [7, 11) is 0. The van der Waals surface area contributed by atoms with E-state index in [9.17, 15) is 14.4 Å². The smallest absolute Gasteiger partial charge is 0.224 e. The second kappa shape index (κ2) is 6.88. The number of nitriles is 1. The highest BCUT2D eigenvalue weighted by Crippen LogP contribution is 2.27. The first-order chi connectivity index (χ1) is 12.0. The van der Waals surface area contributed by atoms with Gasteiger partial charge in [-0.1, -0.05) is 29.8 Å². The maximum Gasteiger partial charge on any atom is 0.224 e. The topological polar surface area (TPSA) is 57.0 Å². The van der Waals surface area contributed by atoms with Crippen molar-refractivity contribution in [1.82, 2.24) is 4.98 Å². The Morgan fingerprint density at radius 3 is 2.76 bits per heavy atom. The van der Waals surface area contributed by atoms with Crippen LogP contribution in [0.1, 0.15) is 18.1 Å². The lowest BCUT2D eigenvalue weighted by Crippen LogP contribution is -2.29. The van der Waals surface area contributed by atoms with E-state index < -0.39 is 5.82 Å². The van der Waals surface area contributed by atoms with Gasteiger partial charge in [0.1, 0.15) is 17.0 Å². The zero-order valence-electron chi connectivity index (χ0n) is 13.3. The van der Waals surface area contributed by atoms with Gasteiger partial charge in [-0.3, -0.25) is 4.79 Å². The number of fused-ring (bicyclic) bond motifs is 1. The highest BCUT2D eigenvalue weighted by atomic mass is 35.5. The van der Waals surface area contributed by atoms with Crippen molar-refractivity contribution >= 4 is 34.1 Å². The second-order valence-electron chi connectivity index (χ2n) is 5.51. The summed E-state index contributed by atoms with van der Waals surface area (Å²) in [6.07, 6.45) is 0. The van der Waals surface area contributed by atoms with Gasteiger partial charge in [0.05, 0.1) is 23.3 Å². The number of amides is 1. The van der Waals surface area contributed by atoms with Gasteiger partial charge in [-0.15, -0.1) is 0 Å². The molecule has 2 aromatic carbocycles. The quantitative estimate of drug-likeness (QED) is 0.653. The molecule has 1 aromatic heterocycles. The number of hydrogen-bond donors (Lipinski definition) is 0. The maximum absolute atomic E-state index is 14.3. The minimum Gasteiger partial charge on any atom is -0.304 e. The molecule has 124 valence electrons. The average Bonchev–Trinajstić information content (AvgIpc) is 2.59. The van der Waals surface area contributed by atoms with Gasteiger partial charge in [0.2, 0.25) is 5.91 Å². The van der Waals surface area contributed by atoms with Crippen LogP contribution in [0.3, 0.4) is 0 Å². The number of anilines is 1. The van der Waals surface area contributed by atoms with E-state index in [2.05, 4.69) is 4.98 Å². The Morgan fingerprint density at radius 2 is 2.04 bits per heavy atom. The van der Waals surface area contributed by atoms with E-state index in [0.717, 1.165) is 10.9 Å². The van der Waals surface area contributed by atoms with Gasteiger partial charge in [-0.2, -0.15) is 5.26 Å². The standard InChI is InChI=1S/C19H13ClFN3O/c1-12(25)24(19-15(10-22)3-2-4-16(19)21)11-13-5-6-14-7-8-18(20)23-17(14)9-13/h2-9H,11H2,1H3. The predicted octanol–water partition coefficient (Wildman–Crippen LogP) is 4.45. The normalized spacial score (nSPS) is 10.5. The van der Waals surface area contributed by atoms with Crippen LogP contribution in [0.15, 0.2) is 48.5 Å². The Hall–Kier alpha value is -2.97. The van der Waals surface area contributed by atoms with Crippen molar-refractivity contribution in [3.8, 4) is 6.07 Å². The fourth-order valence-corrected chi connectivity index (χ4v) is 2.80. The lowest BCUT2D eigenvalue weighted by atomic mass is 10.1. The fourth-order valence-electron chi connectivity index (χ4n) is 2.65. The molecule has 0 N–H and O–H groups in total. The third kappa shape index (κ3) is 3.44. The average molecular weight is 354 g/mol. The number of halogens is 2. The van der Waals surface area contributed by atoms with Gasteiger partial charge in [0.25, 0.3) is 0 Å². The van der Waals surface area contributed by atoms with Crippen LogP contribution in [0.25, 0.3) is 10.9 Å². The van der Waals surface area contributed by atoms with E-state index in [0.29, 0.717) is 10.7 Å². The summed E-state index contributed by atoms with van der Waals surface area (Å²) in [6.45, 7) is 1.46. The molecule has 0 aliphatic carbocycles. The number of rotatable bonds is 3. The molecule has 6 heteroatoms. The van der Waals surface area contributed by atoms with Crippen molar-refractivity contribution in [3.63, 3.8) is 0 Å². The van der Waals surface area contributed by atoms with Crippen molar-refractivity contribution in [2.45, 2.75) is 13.5 Å². The molecule has 0 unspecified atom stereocenters. The molecule has 0 fully saturated rings. The van der Waals surface area contributed by atoms with Gasteiger partial charge < -0.3 is 4.90 Å². The van der Waals surface area contributed by atoms with Crippen LogP contribution in [0.5, 0.6) is 0 Å². The van der Waals surface area contributed by atoms with Crippen LogP contribution < -0.4 is 4.90 Å². The number of benzene rings is 2. The Kier molecular flexibility index (Phi) is 4.64. The number of pyridine rings is 1. The Balaban J connectivity index is 2.04. The molecule has 3 aromatic rings. The molecular weight excluding hydrogens is 341 g/mol.